The van der Waals surface area contributed by atoms with E-state index < -0.39 is 0 Å². The van der Waals surface area contributed by atoms with Gasteiger partial charge >= 0.3 is 0 Å². The molecule has 179 valence electrons. The molecule has 7 rings (SSSR count). The summed E-state index contributed by atoms with van der Waals surface area (Å²) in [7, 11) is 0. The molecule has 3 aromatic heterocycles. The third-order valence-electron chi connectivity index (χ3n) is 5.96. The molecule has 4 heteroatoms. The number of nitrogens with zero attached hydrogens (tertiary/aromatic N) is 2. The van der Waals surface area contributed by atoms with Gasteiger partial charge in [0.05, 0.1) is 5.48 Å². The van der Waals surface area contributed by atoms with Gasteiger partial charge in [0.15, 0.2) is 0 Å². The van der Waals surface area contributed by atoms with Gasteiger partial charge in [0.2, 0.25) is 0 Å². The average molecular weight is 666 g/mol. The molecule has 2 nitrogen and oxygen atoms in total. The van der Waals surface area contributed by atoms with Crippen molar-refractivity contribution < 1.29 is 27.0 Å². The van der Waals surface area contributed by atoms with Crippen LogP contribution in [0, 0.1) is 19.1 Å². The molecule has 1 saturated carbocycles. The summed E-state index contributed by atoms with van der Waals surface area (Å²) in [5.41, 5.74) is 5.04. The van der Waals surface area contributed by atoms with Gasteiger partial charge in [-0.3, -0.25) is 0 Å². The Kier molecular flexibility index (Phi) is 5.72. The van der Waals surface area contributed by atoms with E-state index in [1.54, 1.807) is 17.4 Å². The standard InChI is InChI=1S/C17H10NS.C15H14N.Ir/c1-2-10-16-12(6-1)13-7-5-8-14(17(13)19-16)15-9-3-4-11-18-15;1-11-2-4-13(5-3-11)15-9-8-14(10-16-15)12-6-7-12;/h1-7,9-11H;2-4,8-10,12H,6-7H2,1H3;/q2*-1;/i3D,4D,9D,11D;12D;. The zero-order valence-corrected chi connectivity index (χ0v) is 22.7. The Hall–Kier alpha value is -3.17. The van der Waals surface area contributed by atoms with E-state index in [1.807, 2.05) is 67.7 Å². The maximum absolute atomic E-state index is 8.11. The summed E-state index contributed by atoms with van der Waals surface area (Å²) < 4.78 is 41.4. The van der Waals surface area contributed by atoms with Crippen molar-refractivity contribution in [1.29, 1.82) is 0 Å². The zero-order valence-electron chi connectivity index (χ0n) is 24.5. The van der Waals surface area contributed by atoms with Gasteiger partial charge in [0, 0.05) is 38.5 Å². The van der Waals surface area contributed by atoms with Crippen molar-refractivity contribution in [2.45, 2.75) is 25.7 Å². The minimum absolute atomic E-state index is 0. The van der Waals surface area contributed by atoms with Crippen molar-refractivity contribution in [3.05, 3.63) is 120 Å². The predicted octanol–water partition coefficient (Wildman–Crippen LogP) is 8.65. The summed E-state index contributed by atoms with van der Waals surface area (Å²) in [5, 5.41) is 2.18. The van der Waals surface area contributed by atoms with Gasteiger partial charge in [0.25, 0.3) is 0 Å². The molecule has 0 unspecified atom stereocenters. The Labute approximate surface area is 236 Å². The predicted molar refractivity (Wildman–Crippen MR) is 147 cm³/mol. The first-order chi connectivity index (χ1) is 19.2. The van der Waals surface area contributed by atoms with Gasteiger partial charge in [-0.1, -0.05) is 54.7 Å². The summed E-state index contributed by atoms with van der Waals surface area (Å²) in [5.74, 6) is -0.345. The number of aryl methyl sites for hydroxylation is 1. The van der Waals surface area contributed by atoms with Crippen LogP contribution in [0.1, 0.15) is 36.7 Å². The molecule has 1 radical (unpaired) electrons. The van der Waals surface area contributed by atoms with E-state index in [0.29, 0.717) is 5.56 Å². The molecule has 6 aromatic rings. The first kappa shape index (κ1) is 19.0. The van der Waals surface area contributed by atoms with Crippen LogP contribution in [0.4, 0.5) is 0 Å². The van der Waals surface area contributed by atoms with E-state index >= 15 is 0 Å². The van der Waals surface area contributed by atoms with E-state index in [0.717, 1.165) is 49.8 Å². The summed E-state index contributed by atoms with van der Waals surface area (Å²) in [6.45, 7) is 2.05. The summed E-state index contributed by atoms with van der Waals surface area (Å²) in [6.07, 6.45) is 3.48. The number of hydrogen-bond donors (Lipinski definition) is 0. The van der Waals surface area contributed by atoms with Crippen molar-refractivity contribution in [3.63, 3.8) is 0 Å². The smallest absolute Gasteiger partial charge is 0.0830 e. The van der Waals surface area contributed by atoms with Gasteiger partial charge < -0.3 is 9.97 Å². The Bertz CT molecular complexity index is 1870. The molecule has 0 saturated heterocycles. The fraction of sp³-hybridized carbons (Fsp3) is 0.125. The molecule has 0 N–H and O–H groups in total. The Balaban J connectivity index is 0.000000168. The Morgan fingerprint density at radius 3 is 2.61 bits per heavy atom. The number of hydrogen-bond acceptors (Lipinski definition) is 3. The molecule has 3 heterocycles. The molecule has 1 aliphatic carbocycles. The largest absolute Gasteiger partial charge is 0.305 e. The second kappa shape index (κ2) is 10.8. The average Bonchev–Trinajstić information content (AvgIpc) is 3.62. The van der Waals surface area contributed by atoms with E-state index in [9.17, 15) is 0 Å². The van der Waals surface area contributed by atoms with Crippen LogP contribution in [0.3, 0.4) is 0 Å². The summed E-state index contributed by atoms with van der Waals surface area (Å²) in [4.78, 5) is 8.50. The van der Waals surface area contributed by atoms with E-state index in [4.69, 9.17) is 6.85 Å². The monoisotopic (exact) mass is 666 g/mol. The molecule has 0 aliphatic heterocycles. The number of benzene rings is 3. The molecule has 1 aliphatic rings. The molecule has 0 bridgehead atoms. The van der Waals surface area contributed by atoms with Crippen molar-refractivity contribution in [2.24, 2.45) is 0 Å². The number of pyridine rings is 2. The van der Waals surface area contributed by atoms with Crippen molar-refractivity contribution >= 4 is 31.5 Å². The number of thiophene rings is 1. The van der Waals surface area contributed by atoms with E-state index in [-0.39, 0.29) is 56.0 Å². The Morgan fingerprint density at radius 1 is 0.944 bits per heavy atom. The van der Waals surface area contributed by atoms with Gasteiger partial charge in [-0.2, -0.15) is 11.3 Å². The van der Waals surface area contributed by atoms with Crippen LogP contribution >= 0.6 is 11.3 Å². The maximum Gasteiger partial charge on any atom is 0.0830 e. The molecule has 1 fully saturated rings. The van der Waals surface area contributed by atoms with Gasteiger partial charge in [-0.15, -0.1) is 59.2 Å². The fourth-order valence-corrected chi connectivity index (χ4v) is 5.19. The molecular weight excluding hydrogens is 637 g/mol. The van der Waals surface area contributed by atoms with E-state index in [1.165, 1.54) is 5.56 Å². The normalized spacial score (nSPS) is 15.4. The van der Waals surface area contributed by atoms with Gasteiger partial charge in [-0.25, -0.2) is 0 Å². The third-order valence-corrected chi connectivity index (χ3v) is 7.16. The molecule has 0 amide bonds. The van der Waals surface area contributed by atoms with Crippen molar-refractivity contribution in [2.75, 3.05) is 0 Å². The van der Waals surface area contributed by atoms with Gasteiger partial charge in [-0.05, 0) is 57.9 Å². The summed E-state index contributed by atoms with van der Waals surface area (Å²) >= 11 is 1.58. The second-order valence-electron chi connectivity index (χ2n) is 8.46. The second-order valence-corrected chi connectivity index (χ2v) is 9.51. The van der Waals surface area contributed by atoms with Crippen LogP contribution in [0.15, 0.2) is 97.2 Å². The molecule has 36 heavy (non-hydrogen) atoms. The molecular formula is C32H24IrN2S-2. The number of rotatable bonds is 3. The first-order valence-corrected chi connectivity index (χ1v) is 12.3. The van der Waals surface area contributed by atoms with Crippen LogP contribution in [-0.4, -0.2) is 9.97 Å². The fourth-order valence-electron chi connectivity index (χ4n) is 3.99. The van der Waals surface area contributed by atoms with Crippen LogP contribution < -0.4 is 0 Å². The number of fused-ring (bicyclic) bond motifs is 3. The zero-order chi connectivity index (χ0) is 28.0. The van der Waals surface area contributed by atoms with Crippen LogP contribution in [-0.2, 0) is 20.1 Å². The summed E-state index contributed by atoms with van der Waals surface area (Å²) in [6, 6.07) is 27.5. The van der Waals surface area contributed by atoms with Crippen LogP contribution in [0.5, 0.6) is 0 Å². The molecule has 0 spiro atoms. The van der Waals surface area contributed by atoms with Crippen molar-refractivity contribution in [3.8, 4) is 22.5 Å². The number of aromatic nitrogens is 2. The third kappa shape index (κ3) is 5.17. The van der Waals surface area contributed by atoms with Crippen LogP contribution in [0.25, 0.3) is 42.7 Å². The minimum Gasteiger partial charge on any atom is -0.305 e. The Morgan fingerprint density at radius 2 is 1.83 bits per heavy atom. The first-order valence-electron chi connectivity index (χ1n) is 14.0. The minimum atomic E-state index is -0.345. The van der Waals surface area contributed by atoms with Crippen LogP contribution in [0.2, 0.25) is 0 Å². The van der Waals surface area contributed by atoms with Crippen molar-refractivity contribution in [1.82, 2.24) is 9.97 Å². The SMILES string of the molecule is [2H]C1(c2ccc(-c3[c-]cc(C)cc3)nc2)CC1.[2H]c1nc(-c2[c-]ccc3c2sc2ccccc23)c([2H])c([2H])c1[2H].[Ir]. The molecule has 0 atom stereocenters. The quantitative estimate of drug-likeness (QED) is 0.177. The molecule has 3 aromatic carbocycles. The maximum atomic E-state index is 8.11. The van der Waals surface area contributed by atoms with Gasteiger partial charge in [0.1, 0.15) is 0 Å². The topological polar surface area (TPSA) is 25.8 Å². The van der Waals surface area contributed by atoms with E-state index in [2.05, 4.69) is 28.2 Å².